The van der Waals surface area contributed by atoms with Crippen molar-refractivity contribution in [1.82, 2.24) is 10.3 Å². The van der Waals surface area contributed by atoms with Gasteiger partial charge in [-0.1, -0.05) is 13.8 Å². The number of rotatable bonds is 2. The molecule has 0 aromatic carbocycles. The lowest BCUT2D eigenvalue weighted by Crippen LogP contribution is -2.63. The Labute approximate surface area is 111 Å². The second kappa shape index (κ2) is 4.88. The van der Waals surface area contributed by atoms with Crippen LogP contribution in [-0.4, -0.2) is 29.7 Å². The zero-order valence-corrected chi connectivity index (χ0v) is 12.2. The molecule has 1 aliphatic rings. The summed E-state index contributed by atoms with van der Waals surface area (Å²) in [5.74, 6) is 0.633. The molecule has 0 aliphatic carbocycles. The third-order valence-electron chi connectivity index (χ3n) is 3.72. The van der Waals surface area contributed by atoms with Gasteiger partial charge in [-0.3, -0.25) is 4.98 Å². The first-order chi connectivity index (χ1) is 8.39. The van der Waals surface area contributed by atoms with Gasteiger partial charge >= 0.3 is 0 Å². The lowest BCUT2D eigenvalue weighted by molar-refractivity contribution is 0.277. The number of anilines is 1. The van der Waals surface area contributed by atoms with Gasteiger partial charge in [-0.2, -0.15) is 0 Å². The van der Waals surface area contributed by atoms with Gasteiger partial charge in [0, 0.05) is 30.9 Å². The molecule has 0 spiro atoms. The Balaban J connectivity index is 2.30. The zero-order chi connectivity index (χ0) is 13.3. The fourth-order valence-corrected chi connectivity index (χ4v) is 2.66. The molecular weight excluding hydrogens is 222 g/mol. The van der Waals surface area contributed by atoms with E-state index in [9.17, 15) is 0 Å². The van der Waals surface area contributed by atoms with E-state index in [-0.39, 0.29) is 5.54 Å². The van der Waals surface area contributed by atoms with Crippen LogP contribution >= 0.6 is 0 Å². The normalized spacial score (nSPS) is 23.4. The topological polar surface area (TPSA) is 28.2 Å². The Morgan fingerprint density at radius 1 is 1.39 bits per heavy atom. The third kappa shape index (κ3) is 2.83. The van der Waals surface area contributed by atoms with Crippen LogP contribution in [-0.2, 0) is 0 Å². The maximum atomic E-state index is 4.34. The first-order valence-corrected chi connectivity index (χ1v) is 6.82. The Morgan fingerprint density at radius 2 is 2.11 bits per heavy atom. The Kier molecular flexibility index (Phi) is 3.62. The molecule has 1 N–H and O–H groups in total. The van der Waals surface area contributed by atoms with Gasteiger partial charge in [0.05, 0.1) is 11.9 Å². The molecule has 18 heavy (non-hydrogen) atoms. The fraction of sp³-hybridized carbons (Fsp3) is 0.667. The first-order valence-electron chi connectivity index (χ1n) is 6.82. The zero-order valence-electron chi connectivity index (χ0n) is 12.2. The first kappa shape index (κ1) is 13.3. The molecule has 1 unspecified atom stereocenters. The summed E-state index contributed by atoms with van der Waals surface area (Å²) in [6.45, 7) is 13.3. The van der Waals surface area contributed by atoms with Gasteiger partial charge in [0.25, 0.3) is 0 Å². The van der Waals surface area contributed by atoms with Crippen molar-refractivity contribution in [2.75, 3.05) is 18.0 Å². The maximum Gasteiger partial charge on any atom is 0.0559 e. The smallest absolute Gasteiger partial charge is 0.0559 e. The van der Waals surface area contributed by atoms with Crippen molar-refractivity contribution >= 4 is 5.69 Å². The van der Waals surface area contributed by atoms with Crippen molar-refractivity contribution < 1.29 is 0 Å². The second-order valence-corrected chi connectivity index (χ2v) is 6.42. The Hall–Kier alpha value is -1.09. The average molecular weight is 247 g/mol. The number of pyridine rings is 1. The summed E-state index contributed by atoms with van der Waals surface area (Å²) >= 11 is 0. The van der Waals surface area contributed by atoms with Crippen molar-refractivity contribution in [3.8, 4) is 0 Å². The predicted molar refractivity (Wildman–Crippen MR) is 77.0 cm³/mol. The molecule has 100 valence electrons. The van der Waals surface area contributed by atoms with E-state index in [1.165, 1.54) is 11.3 Å². The lowest BCUT2D eigenvalue weighted by Gasteiger charge is -2.47. The summed E-state index contributed by atoms with van der Waals surface area (Å²) in [6, 6.07) is 2.78. The van der Waals surface area contributed by atoms with Crippen LogP contribution in [0.4, 0.5) is 5.69 Å². The molecule has 1 fully saturated rings. The molecule has 3 nitrogen and oxygen atoms in total. The van der Waals surface area contributed by atoms with E-state index in [1.807, 2.05) is 12.4 Å². The van der Waals surface area contributed by atoms with Gasteiger partial charge in [-0.05, 0) is 38.3 Å². The number of piperazine rings is 1. The highest BCUT2D eigenvalue weighted by molar-refractivity contribution is 5.48. The van der Waals surface area contributed by atoms with E-state index in [4.69, 9.17) is 0 Å². The van der Waals surface area contributed by atoms with E-state index in [1.54, 1.807) is 0 Å². The number of nitrogens with one attached hydrogen (secondary N) is 1. The molecule has 1 aromatic rings. The molecule has 1 aliphatic heterocycles. The maximum absolute atomic E-state index is 4.34. The van der Waals surface area contributed by atoms with E-state index >= 15 is 0 Å². The molecule has 0 radical (unpaired) electrons. The third-order valence-corrected chi connectivity index (χ3v) is 3.72. The summed E-state index contributed by atoms with van der Waals surface area (Å²) in [5.41, 5.74) is 2.64. The summed E-state index contributed by atoms with van der Waals surface area (Å²) in [4.78, 5) is 6.85. The van der Waals surface area contributed by atoms with Crippen LogP contribution in [0, 0.1) is 12.8 Å². The minimum absolute atomic E-state index is 0.162. The van der Waals surface area contributed by atoms with E-state index < -0.39 is 0 Å². The fourth-order valence-electron chi connectivity index (χ4n) is 2.66. The average Bonchev–Trinajstić information content (AvgIpc) is 2.27. The van der Waals surface area contributed by atoms with Crippen LogP contribution in [0.5, 0.6) is 0 Å². The van der Waals surface area contributed by atoms with Crippen LogP contribution in [0.15, 0.2) is 18.5 Å². The number of nitrogens with zero attached hydrogens (tertiary/aromatic N) is 2. The van der Waals surface area contributed by atoms with Gasteiger partial charge in [-0.15, -0.1) is 0 Å². The van der Waals surface area contributed by atoms with Crippen molar-refractivity contribution in [2.24, 2.45) is 5.92 Å². The van der Waals surface area contributed by atoms with Gasteiger partial charge in [0.15, 0.2) is 0 Å². The molecule has 0 bridgehead atoms. The highest BCUT2D eigenvalue weighted by Crippen LogP contribution is 2.26. The van der Waals surface area contributed by atoms with Crippen molar-refractivity contribution in [3.05, 3.63) is 24.0 Å². The number of hydrogen-bond donors (Lipinski definition) is 1. The van der Waals surface area contributed by atoms with Gasteiger partial charge in [-0.25, -0.2) is 0 Å². The van der Waals surface area contributed by atoms with Gasteiger partial charge in [0.2, 0.25) is 0 Å². The Morgan fingerprint density at radius 3 is 2.72 bits per heavy atom. The monoisotopic (exact) mass is 247 g/mol. The summed E-state index contributed by atoms with van der Waals surface area (Å²) in [5, 5.41) is 3.64. The number of hydrogen-bond acceptors (Lipinski definition) is 3. The molecule has 2 rings (SSSR count). The molecule has 0 amide bonds. The lowest BCUT2D eigenvalue weighted by atomic mass is 9.92. The molecule has 2 heterocycles. The highest BCUT2D eigenvalue weighted by atomic mass is 15.3. The molecule has 0 saturated carbocycles. The van der Waals surface area contributed by atoms with E-state index in [0.29, 0.717) is 12.0 Å². The predicted octanol–water partition coefficient (Wildman–Crippen LogP) is 2.60. The van der Waals surface area contributed by atoms with Crippen molar-refractivity contribution in [1.29, 1.82) is 0 Å². The van der Waals surface area contributed by atoms with Crippen molar-refractivity contribution in [3.63, 3.8) is 0 Å². The quantitative estimate of drug-likeness (QED) is 0.870. The largest absolute Gasteiger partial charge is 0.364 e. The summed E-state index contributed by atoms with van der Waals surface area (Å²) < 4.78 is 0. The van der Waals surface area contributed by atoms with Crippen LogP contribution in [0.25, 0.3) is 0 Å². The number of aryl methyl sites for hydroxylation is 1. The highest BCUT2D eigenvalue weighted by Gasteiger charge is 2.34. The standard InChI is InChI=1S/C15H25N3/c1-11(2)14-9-17-15(4,5)10-18(14)13-6-12(3)7-16-8-13/h6-8,11,14,17H,9-10H2,1-5H3. The second-order valence-electron chi connectivity index (χ2n) is 6.42. The Bertz CT molecular complexity index is 412. The van der Waals surface area contributed by atoms with Crippen LogP contribution in [0.1, 0.15) is 33.3 Å². The SMILES string of the molecule is Cc1cncc(N2CC(C)(C)NCC2C(C)C)c1. The summed E-state index contributed by atoms with van der Waals surface area (Å²) in [6.07, 6.45) is 3.91. The minimum Gasteiger partial charge on any atom is -0.364 e. The van der Waals surface area contributed by atoms with E-state index in [0.717, 1.165) is 13.1 Å². The van der Waals surface area contributed by atoms with Crippen LogP contribution in [0.2, 0.25) is 0 Å². The van der Waals surface area contributed by atoms with Crippen LogP contribution in [0.3, 0.4) is 0 Å². The summed E-state index contributed by atoms with van der Waals surface area (Å²) in [7, 11) is 0. The number of aromatic nitrogens is 1. The van der Waals surface area contributed by atoms with Gasteiger partial charge in [0.1, 0.15) is 0 Å². The minimum atomic E-state index is 0.162. The van der Waals surface area contributed by atoms with Gasteiger partial charge < -0.3 is 10.2 Å². The molecule has 1 aromatic heterocycles. The molecule has 3 heteroatoms. The van der Waals surface area contributed by atoms with E-state index in [2.05, 4.69) is 55.9 Å². The molecular formula is C15H25N3. The van der Waals surface area contributed by atoms with Crippen molar-refractivity contribution in [2.45, 2.75) is 46.2 Å². The molecule has 1 saturated heterocycles. The van der Waals surface area contributed by atoms with Crippen LogP contribution < -0.4 is 10.2 Å². The molecule has 1 atom stereocenters.